The Morgan fingerprint density at radius 3 is 1.90 bits per heavy atom. The summed E-state index contributed by atoms with van der Waals surface area (Å²) in [5, 5.41) is 6.06. The number of rotatable bonds is 5. The first-order valence-corrected chi connectivity index (χ1v) is 13.2. The van der Waals surface area contributed by atoms with Crippen molar-refractivity contribution in [3.05, 3.63) is 137 Å². The topological polar surface area (TPSA) is 84.7 Å². The van der Waals surface area contributed by atoms with Crippen LogP contribution in [0.3, 0.4) is 0 Å². The van der Waals surface area contributed by atoms with E-state index in [1.54, 1.807) is 12.1 Å². The number of nitrogens with one attached hydrogen (secondary N) is 5. The molecule has 6 aromatic rings. The molecule has 2 aromatic heterocycles. The van der Waals surface area contributed by atoms with Crippen LogP contribution in [0.1, 0.15) is 33.0 Å². The third kappa shape index (κ3) is 4.97. The molecule has 0 atom stereocenters. The molecule has 0 aliphatic rings. The minimum Gasteiger partial charge on any atom is -0.361 e. The molecule has 0 unspecified atom stereocenters. The molecule has 5 N–H and O–H groups in total. The monoisotopic (exact) mass is 549 g/mol. The maximum Gasteiger partial charge on any atom is 0.269 e. The van der Waals surface area contributed by atoms with E-state index in [0.717, 1.165) is 16.6 Å². The summed E-state index contributed by atoms with van der Waals surface area (Å²) in [5.74, 6) is -0.347. The second kappa shape index (κ2) is 10.6. The summed E-state index contributed by atoms with van der Waals surface area (Å²) in [4.78, 5) is 19.7. The molecule has 0 spiro atoms. The van der Waals surface area contributed by atoms with E-state index in [2.05, 4.69) is 74.9 Å². The number of halogens is 1. The van der Waals surface area contributed by atoms with Gasteiger partial charge in [-0.3, -0.25) is 15.6 Å². The Labute approximate surface area is 235 Å². The number of aromatic nitrogens is 2. The van der Waals surface area contributed by atoms with Crippen LogP contribution < -0.4 is 16.2 Å². The molecule has 0 fully saturated rings. The first-order valence-electron chi connectivity index (χ1n) is 12.4. The van der Waals surface area contributed by atoms with Crippen LogP contribution in [0.15, 0.2) is 109 Å². The molecule has 4 aromatic carbocycles. The van der Waals surface area contributed by atoms with Gasteiger partial charge in [0.05, 0.1) is 10.7 Å². The van der Waals surface area contributed by atoms with Crippen molar-refractivity contribution in [1.82, 2.24) is 20.8 Å². The standard InChI is InChI=1S/C31H24ClN5OS/c32-25-9-3-6-12-28(25)35-31(39)37-36-30(38)20-15-13-19(14-16-20)29(23-17-33-26-10-4-1-7-21(23)26)24-18-34-27-11-5-2-8-22(24)27/h1-18,29,33-34H,(H,36,38)(H2,35,37,39). The molecular weight excluding hydrogens is 526 g/mol. The summed E-state index contributed by atoms with van der Waals surface area (Å²) in [7, 11) is 0. The van der Waals surface area contributed by atoms with Crippen LogP contribution in [-0.2, 0) is 0 Å². The van der Waals surface area contributed by atoms with E-state index in [1.807, 2.05) is 48.5 Å². The third-order valence-corrected chi connectivity index (χ3v) is 7.32. The average molecular weight is 550 g/mol. The van der Waals surface area contributed by atoms with Gasteiger partial charge in [0.2, 0.25) is 0 Å². The van der Waals surface area contributed by atoms with E-state index >= 15 is 0 Å². The lowest BCUT2D eigenvalue weighted by Gasteiger charge is -2.18. The van der Waals surface area contributed by atoms with Gasteiger partial charge < -0.3 is 15.3 Å². The fraction of sp³-hybridized carbons (Fsp3) is 0.0323. The number of hydrogen-bond donors (Lipinski definition) is 5. The molecular formula is C31H24ClN5OS. The molecule has 2 heterocycles. The Morgan fingerprint density at radius 2 is 1.28 bits per heavy atom. The number of hydrazine groups is 1. The van der Waals surface area contributed by atoms with E-state index in [-0.39, 0.29) is 16.9 Å². The minimum atomic E-state index is -0.305. The van der Waals surface area contributed by atoms with E-state index in [9.17, 15) is 4.79 Å². The summed E-state index contributed by atoms with van der Waals surface area (Å²) in [6.45, 7) is 0. The summed E-state index contributed by atoms with van der Waals surface area (Å²) in [6.07, 6.45) is 4.16. The maximum absolute atomic E-state index is 12.9. The van der Waals surface area contributed by atoms with Gasteiger partial charge in [0, 0.05) is 45.7 Å². The number of carbonyl (C=O) groups excluding carboxylic acids is 1. The first kappa shape index (κ1) is 24.7. The Kier molecular flexibility index (Phi) is 6.75. The maximum atomic E-state index is 12.9. The van der Waals surface area contributed by atoms with Crippen molar-refractivity contribution in [3.63, 3.8) is 0 Å². The third-order valence-electron chi connectivity index (χ3n) is 6.78. The highest BCUT2D eigenvalue weighted by Crippen LogP contribution is 2.39. The van der Waals surface area contributed by atoms with Gasteiger partial charge in [-0.05, 0) is 65.3 Å². The van der Waals surface area contributed by atoms with Gasteiger partial charge in [-0.2, -0.15) is 0 Å². The molecule has 0 bridgehead atoms. The Balaban J connectivity index is 1.26. The van der Waals surface area contributed by atoms with Crippen LogP contribution in [0.5, 0.6) is 0 Å². The number of benzene rings is 4. The van der Waals surface area contributed by atoms with Crippen molar-refractivity contribution in [2.45, 2.75) is 5.92 Å². The highest BCUT2D eigenvalue weighted by atomic mass is 35.5. The van der Waals surface area contributed by atoms with Crippen molar-refractivity contribution in [3.8, 4) is 0 Å². The molecule has 0 saturated carbocycles. The molecule has 6 nitrogen and oxygen atoms in total. The fourth-order valence-corrected chi connectivity index (χ4v) is 5.26. The number of para-hydroxylation sites is 3. The summed E-state index contributed by atoms with van der Waals surface area (Å²) in [5.41, 5.74) is 12.1. The lowest BCUT2D eigenvalue weighted by molar-refractivity contribution is 0.0944. The van der Waals surface area contributed by atoms with E-state index < -0.39 is 0 Å². The number of carbonyl (C=O) groups is 1. The van der Waals surface area contributed by atoms with Crippen molar-refractivity contribution >= 4 is 62.3 Å². The highest BCUT2D eigenvalue weighted by Gasteiger charge is 2.23. The molecule has 0 aliphatic heterocycles. The largest absolute Gasteiger partial charge is 0.361 e. The quantitative estimate of drug-likeness (QED) is 0.117. The molecule has 0 radical (unpaired) electrons. The summed E-state index contributed by atoms with van der Waals surface area (Å²) in [6, 6.07) is 31.5. The van der Waals surface area contributed by atoms with Gasteiger partial charge in [0.15, 0.2) is 5.11 Å². The van der Waals surface area contributed by atoms with Crippen LogP contribution >= 0.6 is 23.8 Å². The van der Waals surface area contributed by atoms with E-state index in [1.165, 1.54) is 21.9 Å². The average Bonchev–Trinajstić information content (AvgIpc) is 3.59. The van der Waals surface area contributed by atoms with Crippen molar-refractivity contribution in [2.24, 2.45) is 0 Å². The summed E-state index contributed by atoms with van der Waals surface area (Å²) >= 11 is 11.5. The van der Waals surface area contributed by atoms with Crippen LogP contribution in [0, 0.1) is 0 Å². The zero-order valence-corrected chi connectivity index (χ0v) is 22.2. The zero-order valence-electron chi connectivity index (χ0n) is 20.7. The van der Waals surface area contributed by atoms with Gasteiger partial charge in [0.25, 0.3) is 5.91 Å². The Bertz CT molecular complexity index is 1730. The molecule has 0 saturated heterocycles. The SMILES string of the molecule is O=C(NNC(=S)Nc1ccccc1Cl)c1ccc(C(c2c[nH]c3ccccc23)c2c[nH]c3ccccc23)cc1. The lowest BCUT2D eigenvalue weighted by atomic mass is 9.84. The summed E-state index contributed by atoms with van der Waals surface area (Å²) < 4.78 is 0. The molecule has 0 aliphatic carbocycles. The number of fused-ring (bicyclic) bond motifs is 2. The zero-order chi connectivity index (χ0) is 26.8. The van der Waals surface area contributed by atoms with Gasteiger partial charge >= 0.3 is 0 Å². The molecule has 192 valence electrons. The molecule has 8 heteroatoms. The minimum absolute atomic E-state index is 0.0417. The Morgan fingerprint density at radius 1 is 0.718 bits per heavy atom. The molecule has 6 rings (SSSR count). The Hall–Kier alpha value is -4.59. The number of hydrogen-bond acceptors (Lipinski definition) is 2. The smallest absolute Gasteiger partial charge is 0.269 e. The van der Waals surface area contributed by atoms with Crippen LogP contribution in [-0.4, -0.2) is 21.0 Å². The predicted molar refractivity (Wildman–Crippen MR) is 162 cm³/mol. The van der Waals surface area contributed by atoms with Gasteiger partial charge in [-0.25, -0.2) is 0 Å². The van der Waals surface area contributed by atoms with Crippen LogP contribution in [0.25, 0.3) is 21.8 Å². The second-order valence-electron chi connectivity index (χ2n) is 9.15. The number of thiocarbonyl (C=S) groups is 1. The van der Waals surface area contributed by atoms with Crippen molar-refractivity contribution in [1.29, 1.82) is 0 Å². The molecule has 39 heavy (non-hydrogen) atoms. The van der Waals surface area contributed by atoms with Gasteiger partial charge in [-0.1, -0.05) is 72.3 Å². The normalized spacial score (nSPS) is 11.1. The second-order valence-corrected chi connectivity index (χ2v) is 9.96. The van der Waals surface area contributed by atoms with E-state index in [0.29, 0.717) is 16.3 Å². The predicted octanol–water partition coefficient (Wildman–Crippen LogP) is 7.11. The van der Waals surface area contributed by atoms with Gasteiger partial charge in [-0.15, -0.1) is 0 Å². The van der Waals surface area contributed by atoms with Crippen molar-refractivity contribution < 1.29 is 4.79 Å². The molecule has 1 amide bonds. The van der Waals surface area contributed by atoms with Crippen molar-refractivity contribution in [2.75, 3.05) is 5.32 Å². The lowest BCUT2D eigenvalue weighted by Crippen LogP contribution is -2.43. The number of aromatic amines is 2. The van der Waals surface area contributed by atoms with Crippen LogP contribution in [0.4, 0.5) is 5.69 Å². The number of H-pyrrole nitrogens is 2. The number of amides is 1. The number of anilines is 1. The van der Waals surface area contributed by atoms with E-state index in [4.69, 9.17) is 23.8 Å². The first-order chi connectivity index (χ1) is 19.1. The van der Waals surface area contributed by atoms with Crippen LogP contribution in [0.2, 0.25) is 5.02 Å². The fourth-order valence-electron chi connectivity index (χ4n) is 4.92. The van der Waals surface area contributed by atoms with Gasteiger partial charge in [0.1, 0.15) is 0 Å². The highest BCUT2D eigenvalue weighted by molar-refractivity contribution is 7.80.